The van der Waals surface area contributed by atoms with E-state index in [0.717, 1.165) is 53.5 Å². The van der Waals surface area contributed by atoms with Crippen LogP contribution in [0, 0.1) is 27.7 Å². The zero-order valence-electron chi connectivity index (χ0n) is 23.3. The number of aliphatic hydroxyl groups is 1. The molecule has 1 atom stereocenters. The van der Waals surface area contributed by atoms with Crippen LogP contribution in [0.25, 0.3) is 0 Å². The Bertz CT molecular complexity index is 1210. The van der Waals surface area contributed by atoms with Crippen LogP contribution in [0.1, 0.15) is 34.5 Å². The molecule has 206 valence electrons. The first-order valence-electron chi connectivity index (χ1n) is 13.3. The van der Waals surface area contributed by atoms with E-state index in [4.69, 9.17) is 18.9 Å². The maximum atomic E-state index is 11.4. The van der Waals surface area contributed by atoms with E-state index in [0.29, 0.717) is 32.1 Å². The van der Waals surface area contributed by atoms with Crippen LogP contribution >= 0.6 is 0 Å². The van der Waals surface area contributed by atoms with Crippen LogP contribution < -0.4 is 14.2 Å². The number of aromatic nitrogens is 2. The van der Waals surface area contributed by atoms with Gasteiger partial charge in [-0.3, -0.25) is 4.90 Å². The van der Waals surface area contributed by atoms with Gasteiger partial charge in [-0.25, -0.2) is 4.98 Å². The van der Waals surface area contributed by atoms with Gasteiger partial charge in [0.2, 0.25) is 0 Å². The Hall–Kier alpha value is -3.07. The number of ether oxygens (including phenoxy) is 4. The van der Waals surface area contributed by atoms with Gasteiger partial charge >= 0.3 is 0 Å². The molecule has 2 heterocycles. The van der Waals surface area contributed by atoms with Crippen molar-refractivity contribution in [3.63, 3.8) is 0 Å². The predicted octanol–water partition coefficient (Wildman–Crippen LogP) is 4.24. The zero-order valence-corrected chi connectivity index (χ0v) is 23.3. The topological polar surface area (TPSA) is 78.2 Å². The summed E-state index contributed by atoms with van der Waals surface area (Å²) in [6.07, 6.45) is 4.66. The molecule has 8 heteroatoms. The molecule has 0 saturated carbocycles. The summed E-state index contributed by atoms with van der Waals surface area (Å²) < 4.78 is 25.7. The van der Waals surface area contributed by atoms with Gasteiger partial charge in [0, 0.05) is 38.6 Å². The highest BCUT2D eigenvalue weighted by Gasteiger charge is 2.34. The molecule has 0 amide bonds. The van der Waals surface area contributed by atoms with E-state index in [-0.39, 0.29) is 13.2 Å². The molecule has 1 aliphatic rings. The highest BCUT2D eigenvalue weighted by Crippen LogP contribution is 2.30. The molecule has 1 saturated heterocycles. The Morgan fingerprint density at radius 2 is 1.89 bits per heavy atom. The molecule has 0 aliphatic carbocycles. The third-order valence-corrected chi connectivity index (χ3v) is 7.06. The average Bonchev–Trinajstić information content (AvgIpc) is 3.20. The summed E-state index contributed by atoms with van der Waals surface area (Å²) in [5, 5.41) is 11.4. The van der Waals surface area contributed by atoms with Crippen molar-refractivity contribution in [1.82, 2.24) is 14.5 Å². The van der Waals surface area contributed by atoms with Crippen LogP contribution in [-0.2, 0) is 17.8 Å². The fourth-order valence-corrected chi connectivity index (χ4v) is 4.83. The molecule has 1 aliphatic heterocycles. The summed E-state index contributed by atoms with van der Waals surface area (Å²) in [4.78, 5) is 6.47. The number of benzene rings is 2. The van der Waals surface area contributed by atoms with E-state index in [2.05, 4.69) is 34.4 Å². The van der Waals surface area contributed by atoms with Gasteiger partial charge in [-0.05, 0) is 74.6 Å². The van der Waals surface area contributed by atoms with Crippen LogP contribution in [0.4, 0.5) is 0 Å². The van der Waals surface area contributed by atoms with Crippen LogP contribution in [0.2, 0.25) is 0 Å². The molecule has 1 N–H and O–H groups in total. The van der Waals surface area contributed by atoms with Gasteiger partial charge in [0.15, 0.2) is 11.5 Å². The van der Waals surface area contributed by atoms with Gasteiger partial charge < -0.3 is 28.6 Å². The zero-order chi connectivity index (χ0) is 27.1. The molecule has 3 aromatic rings. The molecule has 8 nitrogen and oxygen atoms in total. The van der Waals surface area contributed by atoms with Crippen molar-refractivity contribution in [3.05, 3.63) is 70.8 Å². The molecule has 2 aromatic carbocycles. The lowest BCUT2D eigenvalue weighted by atomic mass is 10.0. The summed E-state index contributed by atoms with van der Waals surface area (Å²) in [5.74, 6) is 3.25. The summed E-state index contributed by atoms with van der Waals surface area (Å²) >= 11 is 0. The van der Waals surface area contributed by atoms with Crippen LogP contribution in [0.15, 0.2) is 42.7 Å². The molecule has 4 rings (SSSR count). The predicted molar refractivity (Wildman–Crippen MR) is 147 cm³/mol. The van der Waals surface area contributed by atoms with Crippen molar-refractivity contribution in [2.45, 2.75) is 52.8 Å². The molecule has 0 unspecified atom stereocenters. The smallest absolute Gasteiger partial charge is 0.161 e. The SMILES string of the molecule is COc1ccc(CN2CCOC[C@@](O)(COc3cc(C)cc(C)c3C)C2)cc1OCCCn1ccnc1C. The van der Waals surface area contributed by atoms with Crippen molar-refractivity contribution < 1.29 is 24.1 Å². The van der Waals surface area contributed by atoms with Gasteiger partial charge in [-0.1, -0.05) is 12.1 Å². The monoisotopic (exact) mass is 523 g/mol. The molecule has 0 radical (unpaired) electrons. The molecular weight excluding hydrogens is 482 g/mol. The summed E-state index contributed by atoms with van der Waals surface area (Å²) in [7, 11) is 1.65. The Balaban J connectivity index is 1.37. The first-order chi connectivity index (χ1) is 18.3. The second-order valence-corrected chi connectivity index (χ2v) is 10.3. The van der Waals surface area contributed by atoms with Gasteiger partial charge in [-0.2, -0.15) is 0 Å². The average molecular weight is 524 g/mol. The van der Waals surface area contributed by atoms with Gasteiger partial charge in [0.05, 0.1) is 26.9 Å². The summed E-state index contributed by atoms with van der Waals surface area (Å²) in [5.41, 5.74) is 3.39. The van der Waals surface area contributed by atoms with Crippen molar-refractivity contribution in [2.75, 3.05) is 46.6 Å². The Labute approximate surface area is 226 Å². The van der Waals surface area contributed by atoms with Gasteiger partial charge in [-0.15, -0.1) is 0 Å². The third kappa shape index (κ3) is 7.28. The minimum Gasteiger partial charge on any atom is -0.493 e. The molecule has 38 heavy (non-hydrogen) atoms. The molecule has 1 aromatic heterocycles. The minimum atomic E-state index is -1.11. The van der Waals surface area contributed by atoms with Crippen molar-refractivity contribution in [2.24, 2.45) is 0 Å². The second kappa shape index (κ2) is 12.7. The van der Waals surface area contributed by atoms with Gasteiger partial charge in [0.25, 0.3) is 0 Å². The van der Waals surface area contributed by atoms with E-state index >= 15 is 0 Å². The number of aryl methyl sites for hydroxylation is 4. The minimum absolute atomic E-state index is 0.167. The van der Waals surface area contributed by atoms with E-state index in [1.165, 1.54) is 5.56 Å². The summed E-state index contributed by atoms with van der Waals surface area (Å²) in [6.45, 7) is 12.4. The largest absolute Gasteiger partial charge is 0.493 e. The Morgan fingerprint density at radius 1 is 1.05 bits per heavy atom. The number of hydrogen-bond acceptors (Lipinski definition) is 7. The van der Waals surface area contributed by atoms with E-state index < -0.39 is 5.60 Å². The fourth-order valence-electron chi connectivity index (χ4n) is 4.83. The molecular formula is C30H41N3O5. The third-order valence-electron chi connectivity index (χ3n) is 7.06. The first kappa shape index (κ1) is 28.0. The number of nitrogens with zero attached hydrogens (tertiary/aromatic N) is 3. The Kier molecular flexibility index (Phi) is 9.31. The molecule has 1 fully saturated rings. The lowest BCUT2D eigenvalue weighted by molar-refractivity contribution is -0.0648. The first-order valence-corrected chi connectivity index (χ1v) is 13.3. The highest BCUT2D eigenvalue weighted by atomic mass is 16.5. The van der Waals surface area contributed by atoms with Crippen LogP contribution in [-0.4, -0.2) is 71.8 Å². The van der Waals surface area contributed by atoms with E-state index in [9.17, 15) is 5.11 Å². The van der Waals surface area contributed by atoms with Gasteiger partial charge in [0.1, 0.15) is 23.8 Å². The molecule has 0 bridgehead atoms. The lowest BCUT2D eigenvalue weighted by Crippen LogP contribution is -2.48. The number of hydrogen-bond donors (Lipinski definition) is 1. The van der Waals surface area contributed by atoms with Crippen LogP contribution in [0.3, 0.4) is 0 Å². The van der Waals surface area contributed by atoms with Crippen molar-refractivity contribution in [3.8, 4) is 17.2 Å². The fraction of sp³-hybridized carbons (Fsp3) is 0.500. The highest BCUT2D eigenvalue weighted by molar-refractivity contribution is 5.43. The number of β-amino-alcohol motifs (C(OH)–C–C–N with tert-alkyl or cyclic N) is 1. The number of methoxy groups -OCH3 is 1. The van der Waals surface area contributed by atoms with Crippen molar-refractivity contribution >= 4 is 0 Å². The standard InChI is InChI=1S/C30H41N3O5/c1-22-15-23(2)24(3)28(16-22)38-21-30(34)19-32(12-14-36-20-30)18-26-7-8-27(35-5)29(17-26)37-13-6-10-33-11-9-31-25(33)4/h7-9,11,15-17,34H,6,10,12-14,18-21H2,1-5H3/t30-/m1/s1. The van der Waals surface area contributed by atoms with Crippen molar-refractivity contribution in [1.29, 1.82) is 0 Å². The maximum Gasteiger partial charge on any atom is 0.161 e. The lowest BCUT2D eigenvalue weighted by Gasteiger charge is -2.31. The quantitative estimate of drug-likeness (QED) is 0.377. The molecule has 0 spiro atoms. The Morgan fingerprint density at radius 3 is 2.66 bits per heavy atom. The van der Waals surface area contributed by atoms with E-state index in [1.807, 2.05) is 50.5 Å². The second-order valence-electron chi connectivity index (χ2n) is 10.3. The number of imidazole rings is 1. The summed E-state index contributed by atoms with van der Waals surface area (Å²) in [6, 6.07) is 10.2. The number of rotatable bonds is 11. The van der Waals surface area contributed by atoms with E-state index in [1.54, 1.807) is 7.11 Å². The van der Waals surface area contributed by atoms with Crippen LogP contribution in [0.5, 0.6) is 17.2 Å². The normalized spacial score (nSPS) is 18.3. The maximum absolute atomic E-state index is 11.4.